The number of nitrogens with one attached hydrogen (secondary N) is 1. The van der Waals surface area contributed by atoms with Crippen LogP contribution in [0, 0.1) is 13.8 Å². The molecule has 3 aromatic rings. The van der Waals surface area contributed by atoms with Crippen molar-refractivity contribution >= 4 is 23.4 Å². The highest BCUT2D eigenvalue weighted by Gasteiger charge is 2.13. The minimum atomic E-state index is -0.0561. The second kappa shape index (κ2) is 9.60. The molecule has 0 bridgehead atoms. The second-order valence-electron chi connectivity index (χ2n) is 6.86. The van der Waals surface area contributed by atoms with Gasteiger partial charge in [-0.3, -0.25) is 4.79 Å². The summed E-state index contributed by atoms with van der Waals surface area (Å²) in [6, 6.07) is 13.9. The number of anilines is 1. The van der Waals surface area contributed by atoms with Gasteiger partial charge in [-0.15, -0.1) is 10.2 Å². The van der Waals surface area contributed by atoms with E-state index in [1.54, 1.807) is 0 Å². The number of amides is 1. The van der Waals surface area contributed by atoms with Crippen molar-refractivity contribution in [1.82, 2.24) is 14.8 Å². The Balaban J connectivity index is 1.56. The van der Waals surface area contributed by atoms with Crippen molar-refractivity contribution in [2.75, 3.05) is 11.1 Å². The molecule has 0 radical (unpaired) electrons. The number of thioether (sulfide) groups is 1. The normalized spacial score (nSPS) is 10.8. The zero-order chi connectivity index (χ0) is 20.8. The van der Waals surface area contributed by atoms with Crippen LogP contribution in [0.25, 0.3) is 0 Å². The van der Waals surface area contributed by atoms with Crippen LogP contribution >= 0.6 is 11.8 Å². The van der Waals surface area contributed by atoms with Crippen molar-refractivity contribution in [3.8, 4) is 5.75 Å². The second-order valence-corrected chi connectivity index (χ2v) is 7.80. The van der Waals surface area contributed by atoms with E-state index < -0.39 is 0 Å². The lowest BCUT2D eigenvalue weighted by Gasteiger charge is -2.12. The fraction of sp³-hybridized carbons (Fsp3) is 0.318. The number of benzene rings is 2. The van der Waals surface area contributed by atoms with Gasteiger partial charge in [0, 0.05) is 12.7 Å². The van der Waals surface area contributed by atoms with E-state index in [1.807, 2.05) is 67.9 Å². The number of aromatic nitrogens is 3. The van der Waals surface area contributed by atoms with Crippen LogP contribution in [0.3, 0.4) is 0 Å². The molecule has 152 valence electrons. The van der Waals surface area contributed by atoms with Crippen molar-refractivity contribution < 1.29 is 9.53 Å². The van der Waals surface area contributed by atoms with Crippen molar-refractivity contribution in [3.63, 3.8) is 0 Å². The molecular formula is C22H26N4O2S. The SMILES string of the molecule is CCc1cccc(C)c1NC(=O)CSc1nnc(COc2ccc(C)cc2)n1C. The Hall–Kier alpha value is -2.80. The van der Waals surface area contributed by atoms with Crippen LogP contribution < -0.4 is 10.1 Å². The summed E-state index contributed by atoms with van der Waals surface area (Å²) in [6.45, 7) is 6.44. The maximum Gasteiger partial charge on any atom is 0.234 e. The average Bonchev–Trinajstić information content (AvgIpc) is 3.07. The highest BCUT2D eigenvalue weighted by Crippen LogP contribution is 2.22. The first-order valence-electron chi connectivity index (χ1n) is 9.56. The summed E-state index contributed by atoms with van der Waals surface area (Å²) in [4.78, 5) is 12.4. The minimum absolute atomic E-state index is 0.0561. The molecule has 0 aliphatic rings. The summed E-state index contributed by atoms with van der Waals surface area (Å²) < 4.78 is 7.63. The molecule has 0 aliphatic heterocycles. The summed E-state index contributed by atoms with van der Waals surface area (Å²) >= 11 is 1.36. The van der Waals surface area contributed by atoms with Gasteiger partial charge in [-0.1, -0.05) is 54.6 Å². The summed E-state index contributed by atoms with van der Waals surface area (Å²) in [5.41, 5.74) is 4.30. The molecule has 7 heteroatoms. The number of aryl methyl sites for hydroxylation is 3. The molecule has 0 saturated carbocycles. The monoisotopic (exact) mass is 410 g/mol. The van der Waals surface area contributed by atoms with Gasteiger partial charge in [0.2, 0.25) is 5.91 Å². The largest absolute Gasteiger partial charge is 0.486 e. The number of carbonyl (C=O) groups excluding carboxylic acids is 1. The van der Waals surface area contributed by atoms with E-state index in [4.69, 9.17) is 4.74 Å². The van der Waals surface area contributed by atoms with Crippen LogP contribution in [0.4, 0.5) is 5.69 Å². The van der Waals surface area contributed by atoms with Crippen molar-refractivity contribution in [2.24, 2.45) is 7.05 Å². The lowest BCUT2D eigenvalue weighted by molar-refractivity contribution is -0.113. The van der Waals surface area contributed by atoms with Crippen molar-refractivity contribution in [3.05, 3.63) is 65.0 Å². The molecule has 1 heterocycles. The molecule has 0 saturated heterocycles. The Morgan fingerprint density at radius 1 is 1.14 bits per heavy atom. The summed E-state index contributed by atoms with van der Waals surface area (Å²) in [5.74, 6) is 1.71. The average molecular weight is 411 g/mol. The molecule has 3 rings (SSSR count). The van der Waals surface area contributed by atoms with E-state index in [-0.39, 0.29) is 11.7 Å². The first-order valence-corrected chi connectivity index (χ1v) is 10.6. The number of hydrogen-bond donors (Lipinski definition) is 1. The number of para-hydroxylation sites is 1. The van der Waals surface area contributed by atoms with Gasteiger partial charge in [0.05, 0.1) is 5.75 Å². The van der Waals surface area contributed by atoms with Gasteiger partial charge >= 0.3 is 0 Å². The Labute approximate surface area is 175 Å². The third kappa shape index (κ3) is 5.38. The van der Waals surface area contributed by atoms with E-state index in [9.17, 15) is 4.79 Å². The number of rotatable bonds is 8. The first kappa shape index (κ1) is 20.9. The highest BCUT2D eigenvalue weighted by molar-refractivity contribution is 7.99. The quantitative estimate of drug-likeness (QED) is 0.561. The smallest absolute Gasteiger partial charge is 0.234 e. The number of hydrogen-bond acceptors (Lipinski definition) is 5. The van der Waals surface area contributed by atoms with Gasteiger partial charge in [-0.05, 0) is 43.5 Å². The van der Waals surface area contributed by atoms with Crippen LogP contribution in [0.15, 0.2) is 47.6 Å². The molecule has 1 aromatic heterocycles. The van der Waals surface area contributed by atoms with E-state index in [0.29, 0.717) is 17.6 Å². The number of nitrogens with zero attached hydrogens (tertiary/aromatic N) is 3. The van der Waals surface area contributed by atoms with Crippen LogP contribution in [0.1, 0.15) is 29.4 Å². The summed E-state index contributed by atoms with van der Waals surface area (Å²) in [5, 5.41) is 12.1. The van der Waals surface area contributed by atoms with Crippen LogP contribution in [0.5, 0.6) is 5.75 Å². The number of ether oxygens (including phenoxy) is 1. The third-order valence-electron chi connectivity index (χ3n) is 4.65. The lowest BCUT2D eigenvalue weighted by Crippen LogP contribution is -2.16. The molecule has 1 amide bonds. The Morgan fingerprint density at radius 3 is 2.62 bits per heavy atom. The van der Waals surface area contributed by atoms with Gasteiger partial charge in [0.15, 0.2) is 11.0 Å². The molecule has 0 spiro atoms. The standard InChI is InChI=1S/C22H26N4O2S/c1-5-17-8-6-7-16(3)21(17)23-20(27)14-29-22-25-24-19(26(22)4)13-28-18-11-9-15(2)10-12-18/h6-12H,5,13-14H2,1-4H3,(H,23,27). The molecule has 2 aromatic carbocycles. The number of carbonyl (C=O) groups is 1. The minimum Gasteiger partial charge on any atom is -0.486 e. The predicted octanol–water partition coefficient (Wildman–Crippen LogP) is 4.30. The fourth-order valence-corrected chi connectivity index (χ4v) is 3.62. The highest BCUT2D eigenvalue weighted by atomic mass is 32.2. The Kier molecular flexibility index (Phi) is 6.93. The molecule has 29 heavy (non-hydrogen) atoms. The Morgan fingerprint density at radius 2 is 1.90 bits per heavy atom. The molecule has 0 aliphatic carbocycles. The van der Waals surface area contributed by atoms with Gasteiger partial charge in [-0.2, -0.15) is 0 Å². The van der Waals surface area contributed by atoms with E-state index >= 15 is 0 Å². The van der Waals surface area contributed by atoms with E-state index in [0.717, 1.165) is 29.0 Å². The van der Waals surface area contributed by atoms with Crippen molar-refractivity contribution in [2.45, 2.75) is 39.0 Å². The molecule has 0 atom stereocenters. The lowest BCUT2D eigenvalue weighted by atomic mass is 10.1. The van der Waals surface area contributed by atoms with Gasteiger partial charge in [-0.25, -0.2) is 0 Å². The maximum atomic E-state index is 12.4. The molecule has 0 unspecified atom stereocenters. The zero-order valence-electron chi connectivity index (χ0n) is 17.2. The van der Waals surface area contributed by atoms with Crippen LogP contribution in [-0.2, 0) is 24.9 Å². The van der Waals surface area contributed by atoms with Gasteiger partial charge in [0.25, 0.3) is 0 Å². The molecular weight excluding hydrogens is 384 g/mol. The molecule has 6 nitrogen and oxygen atoms in total. The summed E-state index contributed by atoms with van der Waals surface area (Å²) in [7, 11) is 1.88. The molecule has 0 fully saturated rings. The van der Waals surface area contributed by atoms with Crippen LogP contribution in [-0.4, -0.2) is 26.4 Å². The first-order chi connectivity index (χ1) is 14.0. The fourth-order valence-electron chi connectivity index (χ4n) is 2.89. The third-order valence-corrected chi connectivity index (χ3v) is 5.67. The van der Waals surface area contributed by atoms with Crippen LogP contribution in [0.2, 0.25) is 0 Å². The van der Waals surface area contributed by atoms with Gasteiger partial charge < -0.3 is 14.6 Å². The summed E-state index contributed by atoms with van der Waals surface area (Å²) in [6.07, 6.45) is 0.873. The Bertz CT molecular complexity index is 983. The predicted molar refractivity (Wildman–Crippen MR) is 116 cm³/mol. The van der Waals surface area contributed by atoms with E-state index in [1.165, 1.54) is 17.3 Å². The van der Waals surface area contributed by atoms with Crippen molar-refractivity contribution in [1.29, 1.82) is 0 Å². The molecule has 1 N–H and O–H groups in total. The van der Waals surface area contributed by atoms with E-state index in [2.05, 4.69) is 22.4 Å². The zero-order valence-corrected chi connectivity index (χ0v) is 18.0. The topological polar surface area (TPSA) is 69.0 Å². The maximum absolute atomic E-state index is 12.4. The van der Waals surface area contributed by atoms with Gasteiger partial charge in [0.1, 0.15) is 12.4 Å².